The molecule has 1 saturated heterocycles. The van der Waals surface area contributed by atoms with E-state index in [1.807, 2.05) is 11.4 Å². The first-order chi connectivity index (χ1) is 17.3. The number of rotatable bonds is 4. The van der Waals surface area contributed by atoms with Gasteiger partial charge in [0.05, 0.1) is 15.1 Å². The van der Waals surface area contributed by atoms with Gasteiger partial charge in [-0.3, -0.25) is 0 Å². The van der Waals surface area contributed by atoms with E-state index in [0.29, 0.717) is 5.02 Å². The van der Waals surface area contributed by atoms with Gasteiger partial charge in [-0.05, 0) is 55.1 Å². The van der Waals surface area contributed by atoms with Gasteiger partial charge >= 0.3 is 0 Å². The lowest BCUT2D eigenvalue weighted by Crippen LogP contribution is -2.47. The van der Waals surface area contributed by atoms with Crippen LogP contribution in [-0.4, -0.2) is 54.4 Å². The van der Waals surface area contributed by atoms with E-state index < -0.39 is 9.84 Å². The van der Waals surface area contributed by atoms with Crippen molar-refractivity contribution in [3.8, 4) is 0 Å². The average molecular weight is 539 g/mol. The SMILES string of the molecule is Cc1ccc(N2CCN(c3nc4c(S(=O)(=O)c5cccc(Cl)c5)nnn4c4ccsc34)CC2)c(C)c1. The van der Waals surface area contributed by atoms with E-state index in [1.54, 1.807) is 23.5 Å². The fourth-order valence-corrected chi connectivity index (χ4v) is 7.18. The van der Waals surface area contributed by atoms with Crippen LogP contribution in [0.5, 0.6) is 0 Å². The third-order valence-electron chi connectivity index (χ3n) is 6.54. The number of hydrogen-bond acceptors (Lipinski definition) is 8. The van der Waals surface area contributed by atoms with Gasteiger partial charge in [-0.15, -0.1) is 16.4 Å². The number of fused-ring (bicyclic) bond motifs is 3. The average Bonchev–Trinajstić information content (AvgIpc) is 3.51. The topological polar surface area (TPSA) is 83.7 Å². The number of aromatic nitrogens is 4. The Bertz CT molecular complexity index is 1720. The van der Waals surface area contributed by atoms with Crippen LogP contribution < -0.4 is 9.80 Å². The number of halogens is 1. The van der Waals surface area contributed by atoms with Gasteiger partial charge in [-0.2, -0.15) is 4.52 Å². The summed E-state index contributed by atoms with van der Waals surface area (Å²) in [5.41, 5.74) is 4.78. The van der Waals surface area contributed by atoms with Crippen molar-refractivity contribution in [3.63, 3.8) is 0 Å². The lowest BCUT2D eigenvalue weighted by atomic mass is 10.1. The summed E-state index contributed by atoms with van der Waals surface area (Å²) >= 11 is 7.63. The van der Waals surface area contributed by atoms with Gasteiger partial charge in [-0.25, -0.2) is 13.4 Å². The lowest BCUT2D eigenvalue weighted by molar-refractivity contribution is 0.592. The number of benzene rings is 2. The predicted octanol–water partition coefficient (Wildman–Crippen LogP) is 4.77. The van der Waals surface area contributed by atoms with E-state index in [2.05, 4.69) is 52.2 Å². The standard InChI is InChI=1S/C25H23ClN6O2S2/c1-16-6-7-20(17(2)14-16)30-9-11-31(12-10-30)23-22-21(8-13-35-22)32-24(27-23)25(28-29-32)36(33,34)19-5-3-4-18(26)15-19/h3-8,13-15H,9-12H2,1-2H3. The minimum atomic E-state index is -3.96. The van der Waals surface area contributed by atoms with Gasteiger partial charge in [0.15, 0.2) is 11.5 Å². The number of thiophene rings is 1. The molecule has 0 unspecified atom stereocenters. The first kappa shape index (κ1) is 23.2. The van der Waals surface area contributed by atoms with Crippen molar-refractivity contribution >= 4 is 60.1 Å². The Kier molecular flexibility index (Phi) is 5.62. The zero-order valence-electron chi connectivity index (χ0n) is 19.7. The Morgan fingerprint density at radius 1 is 0.972 bits per heavy atom. The van der Waals surface area contributed by atoms with Gasteiger partial charge in [0.1, 0.15) is 0 Å². The van der Waals surface area contributed by atoms with Crippen molar-refractivity contribution in [3.05, 3.63) is 70.1 Å². The monoisotopic (exact) mass is 538 g/mol. The van der Waals surface area contributed by atoms with Crippen LogP contribution in [0.3, 0.4) is 0 Å². The largest absolute Gasteiger partial charge is 0.368 e. The molecular weight excluding hydrogens is 516 g/mol. The van der Waals surface area contributed by atoms with Gasteiger partial charge < -0.3 is 9.80 Å². The van der Waals surface area contributed by atoms with Gasteiger partial charge in [0.25, 0.3) is 0 Å². The maximum Gasteiger partial charge on any atom is 0.229 e. The molecule has 0 aliphatic carbocycles. The molecule has 1 fully saturated rings. The summed E-state index contributed by atoms with van der Waals surface area (Å²) in [4.78, 5) is 9.52. The summed E-state index contributed by atoms with van der Waals surface area (Å²) in [5.74, 6) is 0.762. The Morgan fingerprint density at radius 2 is 1.75 bits per heavy atom. The molecule has 0 saturated carbocycles. The predicted molar refractivity (Wildman–Crippen MR) is 143 cm³/mol. The van der Waals surface area contributed by atoms with Crippen LogP contribution in [0.15, 0.2) is 63.8 Å². The molecular formula is C25H23ClN6O2S2. The van der Waals surface area contributed by atoms with E-state index in [-0.39, 0.29) is 15.6 Å². The quantitative estimate of drug-likeness (QED) is 0.326. The highest BCUT2D eigenvalue weighted by molar-refractivity contribution is 7.91. The van der Waals surface area contributed by atoms with E-state index in [4.69, 9.17) is 16.6 Å². The third kappa shape index (κ3) is 3.80. The maximum absolute atomic E-state index is 13.4. The number of nitrogens with zero attached hydrogens (tertiary/aromatic N) is 6. The Labute approximate surface area is 217 Å². The molecule has 184 valence electrons. The Balaban J connectivity index is 1.39. The van der Waals surface area contributed by atoms with Crippen LogP contribution in [0.2, 0.25) is 5.02 Å². The molecule has 0 spiro atoms. The molecule has 0 N–H and O–H groups in total. The Hall–Kier alpha value is -3.21. The van der Waals surface area contributed by atoms with Crippen molar-refractivity contribution in [1.29, 1.82) is 0 Å². The number of aryl methyl sites for hydroxylation is 2. The lowest BCUT2D eigenvalue weighted by Gasteiger charge is -2.37. The second-order valence-electron chi connectivity index (χ2n) is 8.93. The molecule has 0 amide bonds. The summed E-state index contributed by atoms with van der Waals surface area (Å²) in [6.07, 6.45) is 0. The number of sulfone groups is 1. The molecule has 36 heavy (non-hydrogen) atoms. The number of anilines is 2. The van der Waals surface area contributed by atoms with Crippen LogP contribution in [0, 0.1) is 13.8 Å². The highest BCUT2D eigenvalue weighted by atomic mass is 35.5. The second kappa shape index (κ2) is 8.72. The van der Waals surface area contributed by atoms with Gasteiger partial charge in [0.2, 0.25) is 14.9 Å². The maximum atomic E-state index is 13.4. The van der Waals surface area contributed by atoms with E-state index >= 15 is 0 Å². The van der Waals surface area contributed by atoms with Crippen molar-refractivity contribution in [1.82, 2.24) is 19.8 Å². The molecule has 2 aromatic carbocycles. The molecule has 0 bridgehead atoms. The van der Waals surface area contributed by atoms with Crippen LogP contribution in [0.4, 0.5) is 11.5 Å². The van der Waals surface area contributed by atoms with Crippen molar-refractivity contribution in [2.24, 2.45) is 0 Å². The summed E-state index contributed by atoms with van der Waals surface area (Å²) in [6.45, 7) is 7.47. The fraction of sp³-hybridized carbons (Fsp3) is 0.240. The molecule has 1 aliphatic rings. The zero-order valence-corrected chi connectivity index (χ0v) is 22.1. The minimum Gasteiger partial charge on any atom is -0.368 e. The van der Waals surface area contributed by atoms with Crippen molar-refractivity contribution in [2.75, 3.05) is 36.0 Å². The molecule has 0 radical (unpaired) electrons. The molecule has 6 rings (SSSR count). The smallest absolute Gasteiger partial charge is 0.229 e. The van der Waals surface area contributed by atoms with E-state index in [1.165, 1.54) is 33.5 Å². The molecule has 11 heteroatoms. The fourth-order valence-electron chi connectivity index (χ4n) is 4.76. The molecule has 3 aromatic heterocycles. The summed E-state index contributed by atoms with van der Waals surface area (Å²) in [5, 5.41) is 10.3. The molecule has 5 aromatic rings. The number of hydrogen-bond donors (Lipinski definition) is 0. The first-order valence-electron chi connectivity index (χ1n) is 11.5. The van der Waals surface area contributed by atoms with Crippen LogP contribution in [0.25, 0.3) is 15.9 Å². The Morgan fingerprint density at radius 3 is 2.50 bits per heavy atom. The summed E-state index contributed by atoms with van der Waals surface area (Å²) < 4.78 is 29.4. The van der Waals surface area contributed by atoms with Crippen molar-refractivity contribution < 1.29 is 8.42 Å². The minimum absolute atomic E-state index is 0.0632. The van der Waals surface area contributed by atoms with Crippen LogP contribution in [-0.2, 0) is 9.84 Å². The molecule has 0 atom stereocenters. The summed E-state index contributed by atoms with van der Waals surface area (Å²) in [6, 6.07) is 14.6. The van der Waals surface area contributed by atoms with E-state index in [9.17, 15) is 8.42 Å². The van der Waals surface area contributed by atoms with E-state index in [0.717, 1.165) is 42.2 Å². The normalized spacial score (nSPS) is 14.8. The number of piperazine rings is 1. The molecule has 1 aliphatic heterocycles. The van der Waals surface area contributed by atoms with Gasteiger partial charge in [0, 0.05) is 36.9 Å². The van der Waals surface area contributed by atoms with Crippen LogP contribution in [0.1, 0.15) is 11.1 Å². The van der Waals surface area contributed by atoms with Gasteiger partial charge in [-0.1, -0.05) is 40.6 Å². The van der Waals surface area contributed by atoms with Crippen molar-refractivity contribution in [2.45, 2.75) is 23.8 Å². The molecule has 4 heterocycles. The zero-order chi connectivity index (χ0) is 25.0. The first-order valence-corrected chi connectivity index (χ1v) is 14.3. The molecule has 8 nitrogen and oxygen atoms in total. The summed E-state index contributed by atoms with van der Waals surface area (Å²) in [7, 11) is -3.96. The van der Waals surface area contributed by atoms with Crippen LogP contribution >= 0.6 is 22.9 Å². The third-order valence-corrected chi connectivity index (χ3v) is 9.32. The second-order valence-corrected chi connectivity index (χ2v) is 12.1. The highest BCUT2D eigenvalue weighted by Crippen LogP contribution is 2.34. The highest BCUT2D eigenvalue weighted by Gasteiger charge is 2.29.